The molecule has 6 nitrogen and oxygen atoms in total. The molecule has 0 saturated carbocycles. The number of nitrogens with zero attached hydrogens (tertiary/aromatic N) is 2. The van der Waals surface area contributed by atoms with Crippen LogP contribution in [0.25, 0.3) is 10.9 Å². The van der Waals surface area contributed by atoms with Crippen LogP contribution in [0.15, 0.2) is 96.0 Å². The Morgan fingerprint density at radius 3 is 2.45 bits per heavy atom. The van der Waals surface area contributed by atoms with Gasteiger partial charge in [-0.2, -0.15) is 0 Å². The average molecular weight is 452 g/mol. The van der Waals surface area contributed by atoms with E-state index in [9.17, 15) is 13.2 Å². The number of hydrogen-bond acceptors (Lipinski definition) is 4. The monoisotopic (exact) mass is 451 g/mol. The maximum Gasteiger partial charge on any atom is 0.264 e. The largest absolute Gasteiger partial charge is 0.323 e. The second-order valence-corrected chi connectivity index (χ2v) is 9.03. The van der Waals surface area contributed by atoms with Gasteiger partial charge in [-0.15, -0.1) is 0 Å². The Kier molecular flexibility index (Phi) is 5.88. The summed E-state index contributed by atoms with van der Waals surface area (Å²) in [7, 11) is -4.00. The van der Waals surface area contributed by atoms with E-state index in [4.69, 9.17) is 11.6 Å². The third-order valence-corrected chi connectivity index (χ3v) is 6.64. The van der Waals surface area contributed by atoms with Crippen molar-refractivity contribution in [1.82, 2.24) is 4.98 Å². The molecule has 0 unspecified atom stereocenters. The lowest BCUT2D eigenvalue weighted by Crippen LogP contribution is -2.38. The van der Waals surface area contributed by atoms with E-state index in [-0.39, 0.29) is 4.90 Å². The van der Waals surface area contributed by atoms with Crippen molar-refractivity contribution >= 4 is 49.8 Å². The first kappa shape index (κ1) is 20.8. The number of nitrogens with one attached hydrogen (secondary N) is 1. The van der Waals surface area contributed by atoms with Crippen LogP contribution in [0.5, 0.6) is 0 Å². The Morgan fingerprint density at radius 1 is 0.935 bits per heavy atom. The molecular weight excluding hydrogens is 434 g/mol. The molecule has 1 N–H and O–H groups in total. The number of benzene rings is 3. The van der Waals surface area contributed by atoms with E-state index in [0.717, 1.165) is 9.69 Å². The molecule has 1 heterocycles. The van der Waals surface area contributed by atoms with Crippen molar-refractivity contribution in [3.63, 3.8) is 0 Å². The van der Waals surface area contributed by atoms with Gasteiger partial charge < -0.3 is 5.32 Å². The number of para-hydroxylation sites is 1. The topological polar surface area (TPSA) is 79.4 Å². The van der Waals surface area contributed by atoms with Crippen molar-refractivity contribution in [2.75, 3.05) is 16.2 Å². The fourth-order valence-corrected chi connectivity index (χ4v) is 4.81. The summed E-state index contributed by atoms with van der Waals surface area (Å²) in [4.78, 5) is 17.3. The van der Waals surface area contributed by atoms with Crippen LogP contribution in [0.1, 0.15) is 0 Å². The zero-order valence-electron chi connectivity index (χ0n) is 16.3. The zero-order chi connectivity index (χ0) is 21.8. The molecule has 0 atom stereocenters. The molecule has 4 aromatic rings. The van der Waals surface area contributed by atoms with Gasteiger partial charge in [0.25, 0.3) is 10.0 Å². The van der Waals surface area contributed by atoms with Gasteiger partial charge in [-0.3, -0.25) is 14.1 Å². The quantitative estimate of drug-likeness (QED) is 0.460. The third-order valence-electron chi connectivity index (χ3n) is 4.62. The van der Waals surface area contributed by atoms with Crippen molar-refractivity contribution in [1.29, 1.82) is 0 Å². The minimum Gasteiger partial charge on any atom is -0.323 e. The van der Waals surface area contributed by atoms with E-state index in [2.05, 4.69) is 10.3 Å². The van der Waals surface area contributed by atoms with Gasteiger partial charge in [-0.05, 0) is 42.5 Å². The van der Waals surface area contributed by atoms with Gasteiger partial charge in [0.15, 0.2) is 0 Å². The second kappa shape index (κ2) is 8.75. The van der Waals surface area contributed by atoms with E-state index in [1.807, 2.05) is 12.1 Å². The Hall–Kier alpha value is -3.42. The SMILES string of the molecule is O=C(CN(c1cccc(Cl)c1)S(=O)(=O)c1ccccc1)Nc1cccc2cccnc12. The Bertz CT molecular complexity index is 1340. The maximum atomic E-state index is 13.3. The molecule has 4 rings (SSSR count). The van der Waals surface area contributed by atoms with E-state index < -0.39 is 22.5 Å². The van der Waals surface area contributed by atoms with Gasteiger partial charge in [0.05, 0.1) is 21.8 Å². The summed E-state index contributed by atoms with van der Waals surface area (Å²) < 4.78 is 27.7. The van der Waals surface area contributed by atoms with Crippen molar-refractivity contribution in [3.8, 4) is 0 Å². The smallest absolute Gasteiger partial charge is 0.264 e. The lowest BCUT2D eigenvalue weighted by Gasteiger charge is -2.24. The standard InChI is InChI=1S/C23H18ClN3O3S/c24-18-9-5-10-19(15-18)27(31(29,30)20-11-2-1-3-12-20)16-22(28)26-21-13-4-7-17-8-6-14-25-23(17)21/h1-15H,16H2,(H,26,28). The molecule has 1 aromatic heterocycles. The Labute approximate surface area is 185 Å². The number of sulfonamides is 1. The van der Waals surface area contributed by atoms with Gasteiger partial charge in [0, 0.05) is 16.6 Å². The van der Waals surface area contributed by atoms with E-state index in [1.54, 1.807) is 60.8 Å². The van der Waals surface area contributed by atoms with Crippen LogP contribution in [-0.4, -0.2) is 25.9 Å². The molecule has 1 amide bonds. The molecule has 0 saturated heterocycles. The summed E-state index contributed by atoms with van der Waals surface area (Å²) in [6.07, 6.45) is 1.64. The van der Waals surface area contributed by atoms with Crippen molar-refractivity contribution < 1.29 is 13.2 Å². The lowest BCUT2D eigenvalue weighted by atomic mass is 10.2. The van der Waals surface area contributed by atoms with Crippen LogP contribution in [0.3, 0.4) is 0 Å². The fourth-order valence-electron chi connectivity index (χ4n) is 3.19. The molecule has 8 heteroatoms. The van der Waals surface area contributed by atoms with E-state index in [0.29, 0.717) is 21.9 Å². The maximum absolute atomic E-state index is 13.3. The summed E-state index contributed by atoms with van der Waals surface area (Å²) in [6.45, 7) is -0.430. The van der Waals surface area contributed by atoms with Gasteiger partial charge in [0.1, 0.15) is 6.54 Å². The number of carbonyl (C=O) groups is 1. The van der Waals surface area contributed by atoms with Crippen LogP contribution in [0.2, 0.25) is 5.02 Å². The predicted molar refractivity (Wildman–Crippen MR) is 123 cm³/mol. The minimum absolute atomic E-state index is 0.0783. The number of anilines is 2. The van der Waals surface area contributed by atoms with Crippen LogP contribution < -0.4 is 9.62 Å². The Morgan fingerprint density at radius 2 is 1.68 bits per heavy atom. The van der Waals surface area contributed by atoms with E-state index >= 15 is 0 Å². The summed E-state index contributed by atoms with van der Waals surface area (Å²) in [6, 6.07) is 23.4. The first-order chi connectivity index (χ1) is 14.9. The third kappa shape index (κ3) is 4.52. The molecule has 0 bridgehead atoms. The molecule has 31 heavy (non-hydrogen) atoms. The van der Waals surface area contributed by atoms with E-state index in [1.165, 1.54) is 18.2 Å². The van der Waals surface area contributed by atoms with Gasteiger partial charge in [0.2, 0.25) is 5.91 Å². The van der Waals surface area contributed by atoms with Crippen LogP contribution >= 0.6 is 11.6 Å². The molecule has 0 radical (unpaired) electrons. The molecule has 3 aromatic carbocycles. The summed E-state index contributed by atoms with van der Waals surface area (Å²) in [5.74, 6) is -0.502. The molecule has 0 aliphatic rings. The van der Waals surface area contributed by atoms with Crippen LogP contribution in [0.4, 0.5) is 11.4 Å². The van der Waals surface area contributed by atoms with Gasteiger partial charge in [-0.25, -0.2) is 8.42 Å². The molecule has 0 fully saturated rings. The molecule has 156 valence electrons. The van der Waals surface area contributed by atoms with Crippen molar-refractivity contribution in [3.05, 3.63) is 96.1 Å². The average Bonchev–Trinajstić information content (AvgIpc) is 2.78. The van der Waals surface area contributed by atoms with Crippen LogP contribution in [-0.2, 0) is 14.8 Å². The van der Waals surface area contributed by atoms with Crippen molar-refractivity contribution in [2.45, 2.75) is 4.90 Å². The number of hydrogen-bond donors (Lipinski definition) is 1. The highest BCUT2D eigenvalue weighted by molar-refractivity contribution is 7.92. The number of carbonyl (C=O) groups excluding carboxylic acids is 1. The fraction of sp³-hybridized carbons (Fsp3) is 0.0435. The number of pyridine rings is 1. The van der Waals surface area contributed by atoms with Crippen LogP contribution in [0, 0.1) is 0 Å². The van der Waals surface area contributed by atoms with Gasteiger partial charge in [-0.1, -0.05) is 54.1 Å². The number of amides is 1. The summed E-state index contributed by atoms with van der Waals surface area (Å²) in [5.41, 5.74) is 1.42. The minimum atomic E-state index is -4.00. The first-order valence-corrected chi connectivity index (χ1v) is 11.2. The van der Waals surface area contributed by atoms with Crippen molar-refractivity contribution in [2.24, 2.45) is 0 Å². The first-order valence-electron chi connectivity index (χ1n) is 9.42. The summed E-state index contributed by atoms with van der Waals surface area (Å²) >= 11 is 6.09. The highest BCUT2D eigenvalue weighted by Crippen LogP contribution is 2.27. The zero-order valence-corrected chi connectivity index (χ0v) is 17.8. The van der Waals surface area contributed by atoms with Gasteiger partial charge >= 0.3 is 0 Å². The number of rotatable bonds is 6. The molecule has 0 aliphatic carbocycles. The normalized spacial score (nSPS) is 11.3. The number of aromatic nitrogens is 1. The molecule has 0 aliphatic heterocycles. The predicted octanol–water partition coefficient (Wildman–Crippen LogP) is 4.72. The second-order valence-electron chi connectivity index (χ2n) is 6.73. The molecular formula is C23H18ClN3O3S. The lowest BCUT2D eigenvalue weighted by molar-refractivity contribution is -0.114. The summed E-state index contributed by atoms with van der Waals surface area (Å²) in [5, 5.41) is 4.01. The highest BCUT2D eigenvalue weighted by atomic mass is 35.5. The molecule has 0 spiro atoms. The Balaban J connectivity index is 1.68. The highest BCUT2D eigenvalue weighted by Gasteiger charge is 2.27. The number of fused-ring (bicyclic) bond motifs is 1. The number of halogens is 1.